The van der Waals surface area contributed by atoms with Crippen molar-refractivity contribution < 1.29 is 10.2 Å². The van der Waals surface area contributed by atoms with Crippen molar-refractivity contribution >= 4 is 16.5 Å². The maximum atomic E-state index is 10.3. The zero-order chi connectivity index (χ0) is 28.1. The molecule has 40 heavy (non-hydrogen) atoms. The van der Waals surface area contributed by atoms with E-state index in [1.807, 2.05) is 19.9 Å². The predicted octanol–water partition coefficient (Wildman–Crippen LogP) is 9.15. The number of phenols is 2. The van der Waals surface area contributed by atoms with Gasteiger partial charge in [-0.05, 0) is 82.1 Å². The van der Waals surface area contributed by atoms with Crippen LogP contribution in [0.2, 0.25) is 0 Å². The predicted molar refractivity (Wildman–Crippen MR) is 167 cm³/mol. The van der Waals surface area contributed by atoms with Gasteiger partial charge in [0.05, 0.1) is 0 Å². The van der Waals surface area contributed by atoms with E-state index >= 15 is 0 Å². The molecule has 0 heterocycles. The van der Waals surface area contributed by atoms with E-state index in [0.29, 0.717) is 0 Å². The first kappa shape index (κ1) is 27.1. The van der Waals surface area contributed by atoms with Gasteiger partial charge < -0.3 is 15.1 Å². The van der Waals surface area contributed by atoms with Crippen molar-refractivity contribution in [2.45, 2.75) is 39.7 Å². The van der Waals surface area contributed by atoms with Crippen LogP contribution in [0.25, 0.3) is 27.6 Å². The first-order chi connectivity index (χ1) is 19.4. The van der Waals surface area contributed by atoms with Crippen LogP contribution in [-0.4, -0.2) is 21.7 Å². The van der Waals surface area contributed by atoms with Crippen LogP contribution in [0.5, 0.6) is 11.5 Å². The average molecular weight is 528 g/mol. The van der Waals surface area contributed by atoms with Crippen LogP contribution in [0, 0.1) is 0 Å². The summed E-state index contributed by atoms with van der Waals surface area (Å²) in [6.45, 7) is 7.90. The Kier molecular flexibility index (Phi) is 8.21. The maximum absolute atomic E-state index is 10.3. The van der Waals surface area contributed by atoms with E-state index in [1.165, 1.54) is 22.4 Å². The second-order valence-corrected chi connectivity index (χ2v) is 10.7. The van der Waals surface area contributed by atoms with E-state index in [2.05, 4.69) is 115 Å². The number of benzene rings is 5. The normalized spacial score (nSPS) is 11.8. The number of rotatable bonds is 9. The van der Waals surface area contributed by atoms with Crippen molar-refractivity contribution in [3.8, 4) is 22.6 Å². The Balaban J connectivity index is 1.46. The summed E-state index contributed by atoms with van der Waals surface area (Å²) in [5.41, 5.74) is 7.69. The zero-order valence-electron chi connectivity index (χ0n) is 23.5. The highest BCUT2D eigenvalue weighted by atomic mass is 16.3. The fourth-order valence-electron chi connectivity index (χ4n) is 5.36. The summed E-state index contributed by atoms with van der Waals surface area (Å²) >= 11 is 0. The van der Waals surface area contributed by atoms with Crippen molar-refractivity contribution in [1.29, 1.82) is 0 Å². The lowest BCUT2D eigenvalue weighted by molar-refractivity contribution is 0.394. The Morgan fingerprint density at radius 1 is 0.725 bits per heavy atom. The van der Waals surface area contributed by atoms with Crippen molar-refractivity contribution in [3.63, 3.8) is 0 Å². The topological polar surface area (TPSA) is 43.7 Å². The van der Waals surface area contributed by atoms with Gasteiger partial charge in [-0.2, -0.15) is 0 Å². The highest BCUT2D eigenvalue weighted by molar-refractivity contribution is 5.90. The molecule has 0 aliphatic carbocycles. The van der Waals surface area contributed by atoms with Gasteiger partial charge in [0, 0.05) is 24.4 Å². The molecule has 3 heteroatoms. The average Bonchev–Trinajstić information content (AvgIpc) is 2.98. The number of nitrogens with zero attached hydrogens (tertiary/aromatic N) is 1. The van der Waals surface area contributed by atoms with E-state index in [-0.39, 0.29) is 17.4 Å². The van der Waals surface area contributed by atoms with E-state index in [4.69, 9.17) is 0 Å². The minimum atomic E-state index is -0.0802. The summed E-state index contributed by atoms with van der Waals surface area (Å²) < 4.78 is 0. The first-order valence-corrected chi connectivity index (χ1v) is 14.0. The molecule has 5 aromatic rings. The van der Waals surface area contributed by atoms with Crippen LogP contribution in [-0.2, 0) is 13.0 Å². The fraction of sp³-hybridized carbons (Fsp3) is 0.189. The van der Waals surface area contributed by atoms with Crippen LogP contribution in [0.1, 0.15) is 48.9 Å². The molecule has 0 radical (unpaired) electrons. The van der Waals surface area contributed by atoms with Gasteiger partial charge in [-0.25, -0.2) is 0 Å². The van der Waals surface area contributed by atoms with Crippen LogP contribution >= 0.6 is 0 Å². The Labute approximate surface area is 237 Å². The molecule has 2 N–H and O–H groups in total. The second kappa shape index (κ2) is 12.1. The lowest BCUT2D eigenvalue weighted by atomic mass is 9.94. The largest absolute Gasteiger partial charge is 0.504 e. The van der Waals surface area contributed by atoms with E-state index < -0.39 is 0 Å². The molecule has 0 saturated carbocycles. The third-order valence-electron chi connectivity index (χ3n) is 7.55. The van der Waals surface area contributed by atoms with Crippen LogP contribution in [0.3, 0.4) is 0 Å². The third kappa shape index (κ3) is 6.05. The number of hydrogen-bond acceptors (Lipinski definition) is 3. The number of hydrogen-bond donors (Lipinski definition) is 2. The number of fused-ring (bicyclic) bond motifs is 1. The summed E-state index contributed by atoms with van der Waals surface area (Å²) in [4.78, 5) is 2.48. The van der Waals surface area contributed by atoms with Gasteiger partial charge in [0.15, 0.2) is 11.5 Å². The molecule has 5 rings (SSSR count). The summed E-state index contributed by atoms with van der Waals surface area (Å²) in [7, 11) is 0. The molecule has 0 unspecified atom stereocenters. The molecule has 0 fully saturated rings. The number of phenolic OH excluding ortho intramolecular Hbond substituents is 2. The van der Waals surface area contributed by atoms with Gasteiger partial charge in [-0.15, -0.1) is 0 Å². The van der Waals surface area contributed by atoms with E-state index in [1.54, 1.807) is 6.07 Å². The summed E-state index contributed by atoms with van der Waals surface area (Å²) in [6, 6.07) is 38.0. The minimum absolute atomic E-state index is 0.0321. The molecule has 5 aromatic carbocycles. The van der Waals surface area contributed by atoms with Crippen LogP contribution in [0.4, 0.5) is 0 Å². The summed E-state index contributed by atoms with van der Waals surface area (Å²) in [6.07, 6.45) is 3.19. The third-order valence-corrected chi connectivity index (χ3v) is 7.55. The van der Waals surface area contributed by atoms with Crippen LogP contribution < -0.4 is 0 Å². The molecular formula is C37H37NO2. The number of allylic oxidation sites excluding steroid dienone is 1. The molecule has 0 atom stereocenters. The Morgan fingerprint density at radius 3 is 2.05 bits per heavy atom. The smallest absolute Gasteiger partial charge is 0.160 e. The molecule has 0 bridgehead atoms. The molecule has 0 aliphatic rings. The van der Waals surface area contributed by atoms with Gasteiger partial charge in [0.25, 0.3) is 0 Å². The molecule has 0 saturated heterocycles. The zero-order valence-corrected chi connectivity index (χ0v) is 23.5. The van der Waals surface area contributed by atoms with Gasteiger partial charge >= 0.3 is 0 Å². The second-order valence-electron chi connectivity index (χ2n) is 10.7. The van der Waals surface area contributed by atoms with E-state index in [9.17, 15) is 10.2 Å². The van der Waals surface area contributed by atoms with Crippen molar-refractivity contribution in [1.82, 2.24) is 4.90 Å². The van der Waals surface area contributed by atoms with E-state index in [0.717, 1.165) is 47.0 Å². The fourth-order valence-corrected chi connectivity index (χ4v) is 5.36. The summed E-state index contributed by atoms with van der Waals surface area (Å²) in [5, 5.41) is 22.9. The lowest BCUT2D eigenvalue weighted by Gasteiger charge is -2.28. The van der Waals surface area contributed by atoms with Crippen molar-refractivity contribution in [3.05, 3.63) is 138 Å². The SMILES string of the molecule is C/C=C(\c1ccc2cc(-c3cc(O)c(O)c(C(C)C)c3)ccc2c1)N(CCc1ccccc1)Cc1ccccc1. The van der Waals surface area contributed by atoms with Crippen molar-refractivity contribution in [2.24, 2.45) is 0 Å². The first-order valence-electron chi connectivity index (χ1n) is 14.0. The van der Waals surface area contributed by atoms with Gasteiger partial charge in [-0.3, -0.25) is 0 Å². The van der Waals surface area contributed by atoms with Gasteiger partial charge in [-0.1, -0.05) is 105 Å². The van der Waals surface area contributed by atoms with Gasteiger partial charge in [0.2, 0.25) is 0 Å². The standard InChI is InChI=1S/C37H37NO2/c1-4-35(38(25-28-13-9-6-10-14-28)20-19-27-11-7-5-8-12-27)32-18-17-29-21-31(16-15-30(29)22-32)33-23-34(26(2)3)37(40)36(39)24-33/h4-18,21-24,26,39-40H,19-20,25H2,1-3H3/b35-4+. The van der Waals surface area contributed by atoms with Crippen LogP contribution in [0.15, 0.2) is 115 Å². The molecule has 0 amide bonds. The quantitative estimate of drug-likeness (QED) is 0.188. The molecule has 3 nitrogen and oxygen atoms in total. The van der Waals surface area contributed by atoms with Crippen molar-refractivity contribution in [2.75, 3.05) is 6.54 Å². The Bertz CT molecular complexity index is 1620. The molecule has 0 spiro atoms. The molecule has 202 valence electrons. The maximum Gasteiger partial charge on any atom is 0.160 e. The summed E-state index contributed by atoms with van der Waals surface area (Å²) in [5.74, 6) is -0.00685. The molecule has 0 aliphatic heterocycles. The highest BCUT2D eigenvalue weighted by Crippen LogP contribution is 2.39. The lowest BCUT2D eigenvalue weighted by Crippen LogP contribution is -2.24. The highest BCUT2D eigenvalue weighted by Gasteiger charge is 2.15. The molecule has 0 aromatic heterocycles. The minimum Gasteiger partial charge on any atom is -0.504 e. The Morgan fingerprint density at radius 2 is 1.38 bits per heavy atom. The molecular weight excluding hydrogens is 490 g/mol. The van der Waals surface area contributed by atoms with Gasteiger partial charge in [0.1, 0.15) is 0 Å². The Hall–Kier alpha value is -4.50. The number of aromatic hydroxyl groups is 2. The monoisotopic (exact) mass is 527 g/mol.